The summed E-state index contributed by atoms with van der Waals surface area (Å²) in [7, 11) is 1.78. The molecule has 0 bridgehead atoms. The Morgan fingerprint density at radius 2 is 2.11 bits per heavy atom. The second-order valence-corrected chi connectivity index (χ2v) is 4.67. The molecule has 0 aliphatic carbocycles. The van der Waals surface area contributed by atoms with Gasteiger partial charge in [-0.1, -0.05) is 19.1 Å². The lowest BCUT2D eigenvalue weighted by Gasteiger charge is -2.13. The third-order valence-electron chi connectivity index (χ3n) is 2.50. The van der Waals surface area contributed by atoms with Crippen LogP contribution in [0.2, 0.25) is 0 Å². The molecule has 0 unspecified atom stereocenters. The third-order valence-corrected chi connectivity index (χ3v) is 2.50. The fourth-order valence-corrected chi connectivity index (χ4v) is 1.65. The van der Waals surface area contributed by atoms with E-state index in [9.17, 15) is 0 Å². The monoisotopic (exact) mass is 263 g/mol. The molecule has 0 heterocycles. The summed E-state index contributed by atoms with van der Waals surface area (Å²) in [6.07, 6.45) is 1.28. The molecule has 0 saturated carbocycles. The van der Waals surface area contributed by atoms with E-state index in [1.165, 1.54) is 5.56 Å². The highest BCUT2D eigenvalue weighted by molar-refractivity contribution is 5.79. The van der Waals surface area contributed by atoms with Gasteiger partial charge in [0.05, 0.1) is 6.10 Å². The van der Waals surface area contributed by atoms with Crippen LogP contribution in [-0.2, 0) is 6.54 Å². The maximum absolute atomic E-state index is 5.68. The Bertz CT molecular complexity index is 402. The normalized spacial score (nSPS) is 11.5. The van der Waals surface area contributed by atoms with Gasteiger partial charge in [0.2, 0.25) is 0 Å². The van der Waals surface area contributed by atoms with Crippen LogP contribution in [0.5, 0.6) is 5.75 Å². The lowest BCUT2D eigenvalue weighted by atomic mass is 10.2. The highest BCUT2D eigenvalue weighted by atomic mass is 16.5. The number of rotatable bonds is 6. The Morgan fingerprint density at radius 1 is 1.32 bits per heavy atom. The molecule has 0 amide bonds. The lowest BCUT2D eigenvalue weighted by molar-refractivity contribution is 0.242. The zero-order valence-electron chi connectivity index (χ0n) is 12.4. The summed E-state index contributed by atoms with van der Waals surface area (Å²) in [5.74, 6) is 1.74. The van der Waals surface area contributed by atoms with Crippen LogP contribution < -0.4 is 15.4 Å². The van der Waals surface area contributed by atoms with Gasteiger partial charge in [-0.3, -0.25) is 4.99 Å². The molecule has 4 nitrogen and oxygen atoms in total. The van der Waals surface area contributed by atoms with E-state index in [-0.39, 0.29) is 6.10 Å². The molecule has 0 radical (unpaired) electrons. The summed E-state index contributed by atoms with van der Waals surface area (Å²) in [4.78, 5) is 4.17. The molecule has 0 fully saturated rings. The van der Waals surface area contributed by atoms with Crippen molar-refractivity contribution in [2.24, 2.45) is 4.99 Å². The minimum atomic E-state index is 0.196. The van der Waals surface area contributed by atoms with E-state index in [1.807, 2.05) is 26.0 Å². The van der Waals surface area contributed by atoms with E-state index in [1.54, 1.807) is 7.05 Å². The highest BCUT2D eigenvalue weighted by Crippen LogP contribution is 2.14. The van der Waals surface area contributed by atoms with Crippen LogP contribution in [0.25, 0.3) is 0 Å². The Labute approximate surface area is 116 Å². The second kappa shape index (κ2) is 8.40. The van der Waals surface area contributed by atoms with Crippen molar-refractivity contribution in [2.75, 3.05) is 13.6 Å². The Morgan fingerprint density at radius 3 is 2.74 bits per heavy atom. The molecule has 0 atom stereocenters. The van der Waals surface area contributed by atoms with Gasteiger partial charge in [-0.05, 0) is 38.0 Å². The first-order valence-electron chi connectivity index (χ1n) is 6.85. The molecule has 1 aromatic rings. The molecule has 4 heteroatoms. The highest BCUT2D eigenvalue weighted by Gasteiger charge is 2.01. The molecule has 0 aliphatic heterocycles. The smallest absolute Gasteiger partial charge is 0.191 e. The minimum absolute atomic E-state index is 0.196. The molecule has 19 heavy (non-hydrogen) atoms. The maximum Gasteiger partial charge on any atom is 0.191 e. The summed E-state index contributed by atoms with van der Waals surface area (Å²) in [5.41, 5.74) is 1.18. The fourth-order valence-electron chi connectivity index (χ4n) is 1.65. The van der Waals surface area contributed by atoms with Crippen LogP contribution in [0.15, 0.2) is 29.3 Å². The van der Waals surface area contributed by atoms with Crippen molar-refractivity contribution < 1.29 is 4.74 Å². The molecule has 1 aromatic carbocycles. The van der Waals surface area contributed by atoms with Gasteiger partial charge in [0.25, 0.3) is 0 Å². The first kappa shape index (κ1) is 15.3. The van der Waals surface area contributed by atoms with Gasteiger partial charge in [0.15, 0.2) is 5.96 Å². The molecule has 0 spiro atoms. The van der Waals surface area contributed by atoms with Crippen molar-refractivity contribution in [3.8, 4) is 5.75 Å². The zero-order chi connectivity index (χ0) is 14.1. The summed E-state index contributed by atoms with van der Waals surface area (Å²) < 4.78 is 5.68. The fraction of sp³-hybridized carbons (Fsp3) is 0.533. The molecule has 1 rings (SSSR count). The summed E-state index contributed by atoms with van der Waals surface area (Å²) >= 11 is 0. The van der Waals surface area contributed by atoms with Crippen molar-refractivity contribution in [1.82, 2.24) is 10.6 Å². The number of benzene rings is 1. The average molecular weight is 263 g/mol. The Hall–Kier alpha value is -1.71. The number of guanidine groups is 1. The number of aliphatic imine (C=N–C) groups is 1. The predicted molar refractivity (Wildman–Crippen MR) is 80.7 cm³/mol. The van der Waals surface area contributed by atoms with Crippen LogP contribution in [0.4, 0.5) is 0 Å². The molecule has 0 aromatic heterocycles. The summed E-state index contributed by atoms with van der Waals surface area (Å²) in [5, 5.41) is 6.53. The van der Waals surface area contributed by atoms with Gasteiger partial charge < -0.3 is 15.4 Å². The number of hydrogen-bond acceptors (Lipinski definition) is 2. The average Bonchev–Trinajstić information content (AvgIpc) is 2.38. The van der Waals surface area contributed by atoms with E-state index in [0.717, 1.165) is 31.2 Å². The number of nitrogens with one attached hydrogen (secondary N) is 2. The van der Waals surface area contributed by atoms with Gasteiger partial charge in [0, 0.05) is 20.1 Å². The van der Waals surface area contributed by atoms with E-state index < -0.39 is 0 Å². The van der Waals surface area contributed by atoms with Crippen molar-refractivity contribution >= 4 is 5.96 Å². The molecular formula is C15H25N3O. The molecule has 106 valence electrons. The van der Waals surface area contributed by atoms with Gasteiger partial charge >= 0.3 is 0 Å². The molecular weight excluding hydrogens is 238 g/mol. The van der Waals surface area contributed by atoms with E-state index >= 15 is 0 Å². The Balaban J connectivity index is 2.52. The number of nitrogens with zero attached hydrogens (tertiary/aromatic N) is 1. The first-order valence-corrected chi connectivity index (χ1v) is 6.85. The molecule has 2 N–H and O–H groups in total. The second-order valence-electron chi connectivity index (χ2n) is 4.67. The van der Waals surface area contributed by atoms with Crippen LogP contribution in [-0.4, -0.2) is 25.7 Å². The van der Waals surface area contributed by atoms with Crippen LogP contribution >= 0.6 is 0 Å². The van der Waals surface area contributed by atoms with E-state index in [2.05, 4.69) is 34.7 Å². The van der Waals surface area contributed by atoms with Crippen molar-refractivity contribution in [3.05, 3.63) is 29.8 Å². The van der Waals surface area contributed by atoms with Gasteiger partial charge in [0.1, 0.15) is 5.75 Å². The number of ether oxygens (including phenoxy) is 1. The molecule has 0 aliphatic rings. The summed E-state index contributed by atoms with van der Waals surface area (Å²) in [6.45, 7) is 7.85. The van der Waals surface area contributed by atoms with Crippen LogP contribution in [0.1, 0.15) is 32.8 Å². The zero-order valence-corrected chi connectivity index (χ0v) is 12.4. The van der Waals surface area contributed by atoms with E-state index in [4.69, 9.17) is 4.74 Å². The van der Waals surface area contributed by atoms with Gasteiger partial charge in [-0.25, -0.2) is 0 Å². The van der Waals surface area contributed by atoms with Gasteiger partial charge in [-0.15, -0.1) is 0 Å². The maximum atomic E-state index is 5.68. The SMILES string of the molecule is CCCNC(=NC)NCc1cccc(OC(C)C)c1. The van der Waals surface area contributed by atoms with Crippen molar-refractivity contribution in [1.29, 1.82) is 0 Å². The minimum Gasteiger partial charge on any atom is -0.491 e. The van der Waals surface area contributed by atoms with Crippen molar-refractivity contribution in [3.63, 3.8) is 0 Å². The Kier molecular flexibility index (Phi) is 6.79. The first-order chi connectivity index (χ1) is 9.15. The summed E-state index contributed by atoms with van der Waals surface area (Å²) in [6, 6.07) is 8.12. The van der Waals surface area contributed by atoms with Crippen LogP contribution in [0, 0.1) is 0 Å². The topological polar surface area (TPSA) is 45.7 Å². The largest absolute Gasteiger partial charge is 0.491 e. The quantitative estimate of drug-likeness (QED) is 0.612. The third kappa shape index (κ3) is 6.13. The lowest BCUT2D eigenvalue weighted by Crippen LogP contribution is -2.37. The van der Waals surface area contributed by atoms with Crippen LogP contribution in [0.3, 0.4) is 0 Å². The van der Waals surface area contributed by atoms with E-state index in [0.29, 0.717) is 0 Å². The molecule has 0 saturated heterocycles. The standard InChI is InChI=1S/C15H25N3O/c1-5-9-17-15(16-4)18-11-13-7-6-8-14(10-13)19-12(2)3/h6-8,10,12H,5,9,11H2,1-4H3,(H2,16,17,18). The van der Waals surface area contributed by atoms with Crippen molar-refractivity contribution in [2.45, 2.75) is 39.8 Å². The predicted octanol–water partition coefficient (Wildman–Crippen LogP) is 2.55. The van der Waals surface area contributed by atoms with Gasteiger partial charge in [-0.2, -0.15) is 0 Å². The number of hydrogen-bond donors (Lipinski definition) is 2.